The normalized spacial score (nSPS) is 14.3. The molecule has 14 heteroatoms. The average molecular weight is 521 g/mol. The number of carbonyl (C=O) groups is 6. The summed E-state index contributed by atoms with van der Waals surface area (Å²) < 4.78 is 0. The lowest BCUT2D eigenvalue weighted by Gasteiger charge is -2.26. The Balaban J connectivity index is 5.53. The van der Waals surface area contributed by atoms with Gasteiger partial charge in [-0.1, -0.05) is 13.8 Å². The average Bonchev–Trinajstić information content (AvgIpc) is 2.75. The van der Waals surface area contributed by atoms with Gasteiger partial charge in [-0.15, -0.1) is 0 Å². The first kappa shape index (κ1) is 32.1. The van der Waals surface area contributed by atoms with Gasteiger partial charge in [-0.3, -0.25) is 24.0 Å². The quantitative estimate of drug-likeness (QED) is 0.120. The molecule has 0 aliphatic rings. The molecular formula is C21H36N4O9S. The molecule has 0 aromatic heterocycles. The summed E-state index contributed by atoms with van der Waals surface area (Å²) in [6, 6.07) is -4.89. The summed E-state index contributed by atoms with van der Waals surface area (Å²) >= 11 is 1.48. The number of carboxylic acids is 3. The molecule has 35 heavy (non-hydrogen) atoms. The molecule has 0 spiro atoms. The molecule has 0 aromatic carbocycles. The number of hydrogen-bond donors (Lipinski definition) is 7. The monoisotopic (exact) mass is 520 g/mol. The highest BCUT2D eigenvalue weighted by molar-refractivity contribution is 7.98. The van der Waals surface area contributed by atoms with E-state index >= 15 is 0 Å². The van der Waals surface area contributed by atoms with Crippen LogP contribution in [0.2, 0.25) is 0 Å². The number of carbonyl (C=O) groups excluding carboxylic acids is 3. The topological polar surface area (TPSA) is 225 Å². The number of amides is 3. The van der Waals surface area contributed by atoms with Crippen LogP contribution >= 0.6 is 11.8 Å². The first-order chi connectivity index (χ1) is 16.3. The highest BCUT2D eigenvalue weighted by atomic mass is 32.2. The van der Waals surface area contributed by atoms with Gasteiger partial charge in [0.1, 0.15) is 18.1 Å². The van der Waals surface area contributed by atoms with Crippen molar-refractivity contribution in [3.63, 3.8) is 0 Å². The molecule has 0 aromatic rings. The molecule has 200 valence electrons. The van der Waals surface area contributed by atoms with Crippen LogP contribution in [0.5, 0.6) is 0 Å². The van der Waals surface area contributed by atoms with Gasteiger partial charge < -0.3 is 37.0 Å². The van der Waals surface area contributed by atoms with Crippen molar-refractivity contribution >= 4 is 47.4 Å². The van der Waals surface area contributed by atoms with Gasteiger partial charge in [-0.05, 0) is 43.6 Å². The fraction of sp³-hybridized carbons (Fsp3) is 0.714. The smallest absolute Gasteiger partial charge is 0.326 e. The van der Waals surface area contributed by atoms with Crippen LogP contribution in [-0.4, -0.2) is 87.1 Å². The summed E-state index contributed by atoms with van der Waals surface area (Å²) in [5.74, 6) is -5.67. The SMILES string of the molecule is CSCCC(N)C(=O)NC(CCC(=O)O)C(=O)NC(CC(C)C)C(=O)NC(CCC(=O)O)C(=O)O. The van der Waals surface area contributed by atoms with Crippen LogP contribution < -0.4 is 21.7 Å². The van der Waals surface area contributed by atoms with Gasteiger partial charge in [0.25, 0.3) is 0 Å². The van der Waals surface area contributed by atoms with Crippen LogP contribution in [0.1, 0.15) is 52.4 Å². The molecule has 4 unspecified atom stereocenters. The molecule has 0 saturated carbocycles. The second kappa shape index (κ2) is 16.7. The van der Waals surface area contributed by atoms with Gasteiger partial charge in [-0.2, -0.15) is 11.8 Å². The summed E-state index contributed by atoms with van der Waals surface area (Å²) in [7, 11) is 0. The van der Waals surface area contributed by atoms with E-state index in [-0.39, 0.29) is 25.2 Å². The van der Waals surface area contributed by atoms with Crippen molar-refractivity contribution in [1.82, 2.24) is 16.0 Å². The molecule has 0 aliphatic heterocycles. The van der Waals surface area contributed by atoms with Gasteiger partial charge in [0, 0.05) is 12.8 Å². The maximum absolute atomic E-state index is 12.9. The molecule has 8 N–H and O–H groups in total. The minimum absolute atomic E-state index is 0.107. The van der Waals surface area contributed by atoms with Crippen LogP contribution in [0.3, 0.4) is 0 Å². The molecule has 0 heterocycles. The lowest BCUT2D eigenvalue weighted by Crippen LogP contribution is -2.57. The first-order valence-electron chi connectivity index (χ1n) is 11.1. The molecular weight excluding hydrogens is 484 g/mol. The second-order valence-electron chi connectivity index (χ2n) is 8.40. The van der Waals surface area contributed by atoms with E-state index in [0.717, 1.165) is 0 Å². The molecule has 0 rings (SSSR count). The van der Waals surface area contributed by atoms with Crippen LogP contribution in [0.15, 0.2) is 0 Å². The fourth-order valence-corrected chi connectivity index (χ4v) is 3.45. The maximum Gasteiger partial charge on any atom is 0.326 e. The molecule has 0 bridgehead atoms. The number of nitrogens with two attached hydrogens (primary N) is 1. The Labute approximate surface area is 208 Å². The van der Waals surface area contributed by atoms with E-state index in [2.05, 4.69) is 16.0 Å². The Morgan fingerprint density at radius 2 is 1.20 bits per heavy atom. The Kier molecular flexibility index (Phi) is 15.3. The zero-order chi connectivity index (χ0) is 27.1. The maximum atomic E-state index is 12.9. The standard InChI is InChI=1S/C21H36N4O9S/c1-11(2)10-15(20(32)24-14(21(33)34)5-7-17(28)29)25-19(31)13(4-6-16(26)27)23-18(30)12(22)8-9-35-3/h11-15H,4-10,22H2,1-3H3,(H,23,30)(H,24,32)(H,25,31)(H,26,27)(H,28,29)(H,33,34). The number of carboxylic acid groups (broad SMARTS) is 3. The molecule has 0 aliphatic carbocycles. The molecule has 0 radical (unpaired) electrons. The summed E-state index contributed by atoms with van der Waals surface area (Å²) in [5.41, 5.74) is 5.82. The Bertz CT molecular complexity index is 763. The van der Waals surface area contributed by atoms with Crippen molar-refractivity contribution in [2.45, 2.75) is 76.5 Å². The number of nitrogens with one attached hydrogen (secondary N) is 3. The first-order valence-corrected chi connectivity index (χ1v) is 12.5. The summed E-state index contributed by atoms with van der Waals surface area (Å²) in [6.07, 6.45) is 0.748. The van der Waals surface area contributed by atoms with Crippen molar-refractivity contribution in [2.75, 3.05) is 12.0 Å². The van der Waals surface area contributed by atoms with E-state index in [9.17, 15) is 33.9 Å². The van der Waals surface area contributed by atoms with Gasteiger partial charge in [0.15, 0.2) is 0 Å². The predicted molar refractivity (Wildman–Crippen MR) is 128 cm³/mol. The number of hydrogen-bond acceptors (Lipinski definition) is 8. The lowest BCUT2D eigenvalue weighted by molar-refractivity contribution is -0.143. The molecule has 13 nitrogen and oxygen atoms in total. The zero-order valence-electron chi connectivity index (χ0n) is 20.1. The highest BCUT2D eigenvalue weighted by Crippen LogP contribution is 2.09. The van der Waals surface area contributed by atoms with Crippen molar-refractivity contribution in [1.29, 1.82) is 0 Å². The number of thioether (sulfide) groups is 1. The number of rotatable bonds is 18. The van der Waals surface area contributed by atoms with Gasteiger partial charge in [0.2, 0.25) is 17.7 Å². The van der Waals surface area contributed by atoms with Gasteiger partial charge in [0.05, 0.1) is 6.04 Å². The van der Waals surface area contributed by atoms with E-state index in [1.807, 2.05) is 6.26 Å². The Morgan fingerprint density at radius 3 is 1.66 bits per heavy atom. The van der Waals surface area contributed by atoms with E-state index in [0.29, 0.717) is 12.2 Å². The molecule has 3 amide bonds. The minimum Gasteiger partial charge on any atom is -0.481 e. The van der Waals surface area contributed by atoms with E-state index in [1.165, 1.54) is 11.8 Å². The molecule has 4 atom stereocenters. The number of aliphatic carboxylic acids is 3. The summed E-state index contributed by atoms with van der Waals surface area (Å²) in [5, 5.41) is 34.2. The van der Waals surface area contributed by atoms with E-state index < -0.39 is 72.6 Å². The zero-order valence-corrected chi connectivity index (χ0v) is 20.9. The van der Waals surface area contributed by atoms with Crippen LogP contribution in [0, 0.1) is 5.92 Å². The van der Waals surface area contributed by atoms with Crippen LogP contribution in [-0.2, 0) is 28.8 Å². The van der Waals surface area contributed by atoms with Crippen LogP contribution in [0.25, 0.3) is 0 Å². The molecule has 0 saturated heterocycles. The summed E-state index contributed by atoms with van der Waals surface area (Å²) in [6.45, 7) is 3.53. The largest absolute Gasteiger partial charge is 0.481 e. The Morgan fingerprint density at radius 1 is 0.743 bits per heavy atom. The lowest BCUT2D eigenvalue weighted by atomic mass is 10.0. The van der Waals surface area contributed by atoms with Crippen molar-refractivity contribution in [3.8, 4) is 0 Å². The summed E-state index contributed by atoms with van der Waals surface area (Å²) in [4.78, 5) is 71.3. The van der Waals surface area contributed by atoms with Crippen molar-refractivity contribution in [2.24, 2.45) is 11.7 Å². The fourth-order valence-electron chi connectivity index (χ4n) is 2.96. The van der Waals surface area contributed by atoms with E-state index in [1.54, 1.807) is 13.8 Å². The third-order valence-corrected chi connectivity index (χ3v) is 5.50. The third kappa shape index (κ3) is 14.2. The highest BCUT2D eigenvalue weighted by Gasteiger charge is 2.31. The second-order valence-corrected chi connectivity index (χ2v) is 9.39. The van der Waals surface area contributed by atoms with Gasteiger partial charge in [-0.25, -0.2) is 4.79 Å². The Hall–Kier alpha value is -2.87. The predicted octanol–water partition coefficient (Wildman–Crippen LogP) is -0.618. The van der Waals surface area contributed by atoms with Crippen LogP contribution in [0.4, 0.5) is 0 Å². The van der Waals surface area contributed by atoms with Gasteiger partial charge >= 0.3 is 17.9 Å². The van der Waals surface area contributed by atoms with Crippen molar-refractivity contribution in [3.05, 3.63) is 0 Å². The third-order valence-electron chi connectivity index (χ3n) is 4.85. The minimum atomic E-state index is -1.48. The molecule has 0 fully saturated rings. The van der Waals surface area contributed by atoms with E-state index in [4.69, 9.17) is 15.9 Å². The van der Waals surface area contributed by atoms with Crippen molar-refractivity contribution < 1.29 is 44.1 Å².